The van der Waals surface area contributed by atoms with Gasteiger partial charge in [-0.15, -0.1) is 5.10 Å². The van der Waals surface area contributed by atoms with Gasteiger partial charge in [0.2, 0.25) is 0 Å². The van der Waals surface area contributed by atoms with Crippen LogP contribution < -0.4 is 20.5 Å². The Balaban J connectivity index is 0.000000254. The summed E-state index contributed by atoms with van der Waals surface area (Å²) in [5.41, 5.74) is 14.5. The molecular formula is C57H86Cl3N9O4. The molecule has 0 saturated carbocycles. The molecule has 5 N–H and O–H groups in total. The summed E-state index contributed by atoms with van der Waals surface area (Å²) in [5.74, 6) is 2.33. The van der Waals surface area contributed by atoms with E-state index in [0.717, 1.165) is 97.6 Å². The summed E-state index contributed by atoms with van der Waals surface area (Å²) in [7, 11) is 0. The predicted molar refractivity (Wildman–Crippen MR) is 301 cm³/mol. The van der Waals surface area contributed by atoms with Crippen LogP contribution in [0.5, 0.6) is 11.5 Å². The molecule has 2 aromatic carbocycles. The molecule has 4 atom stereocenters. The fraction of sp³-hybridized carbons (Fsp3) is 0.596. The van der Waals surface area contributed by atoms with Gasteiger partial charge >= 0.3 is 0 Å². The number of ether oxygens (including phenoxy) is 2. The van der Waals surface area contributed by atoms with Crippen molar-refractivity contribution in [1.29, 1.82) is 0 Å². The van der Waals surface area contributed by atoms with Gasteiger partial charge in [0, 0.05) is 24.9 Å². The minimum absolute atomic E-state index is 0.0644. The standard InChI is InChI=1S/C24H34ClN5O2.C24H39ClO2.C9H13ClN4/c1-6-7-8-9-10-20(32-19-12-11-15(2)13-16(19)3)24(31)26-14-17(4)22-27-23-21(25)18(5)28-30(23)29-22;1-4-7-10-13-16-23(24(25)26)27-22-18-17-20(14-11-8-5-2)19-21(22)15-12-9-6-3;1-5(3-11)7-4-14-9(12-7)8(10)6(2)13-14/h11-13,17,20,28H,6-10,14H2,1-5H3,(H,26,31);17-19,23H,4-16H2,1-3H3;4-5,13H,3,11H2,1-2H3. The monoisotopic (exact) mass is 1070 g/mol. The van der Waals surface area contributed by atoms with Crippen molar-refractivity contribution in [3.8, 4) is 11.5 Å². The van der Waals surface area contributed by atoms with Crippen LogP contribution in [-0.4, -0.2) is 70.9 Å². The van der Waals surface area contributed by atoms with Crippen LogP contribution >= 0.6 is 34.8 Å². The fourth-order valence-electron chi connectivity index (χ4n) is 8.44. The Morgan fingerprint density at radius 3 is 1.89 bits per heavy atom. The summed E-state index contributed by atoms with van der Waals surface area (Å²) in [6.45, 7) is 21.7. The maximum Gasteiger partial charge on any atom is 0.262 e. The summed E-state index contributed by atoms with van der Waals surface area (Å²) in [6, 6.07) is 12.5. The quantitative estimate of drug-likeness (QED) is 0.0266. The molecule has 13 nitrogen and oxygen atoms in total. The third-order valence-corrected chi connectivity index (χ3v) is 14.3. The van der Waals surface area contributed by atoms with E-state index in [1.54, 1.807) is 4.63 Å². The number of aryl methyl sites for hydroxylation is 6. The van der Waals surface area contributed by atoms with Gasteiger partial charge in [0.05, 0.1) is 23.3 Å². The molecule has 0 radical (unpaired) electrons. The highest BCUT2D eigenvalue weighted by Crippen LogP contribution is 2.28. The van der Waals surface area contributed by atoms with Crippen LogP contribution in [0.25, 0.3) is 11.3 Å². The van der Waals surface area contributed by atoms with Crippen LogP contribution in [-0.2, 0) is 22.4 Å². The minimum Gasteiger partial charge on any atom is -0.481 e. The van der Waals surface area contributed by atoms with Crippen molar-refractivity contribution >= 4 is 57.2 Å². The number of imidazole rings is 1. The van der Waals surface area contributed by atoms with E-state index in [2.05, 4.69) is 82.5 Å². The second kappa shape index (κ2) is 32.0. The zero-order chi connectivity index (χ0) is 53.5. The van der Waals surface area contributed by atoms with Crippen molar-refractivity contribution in [2.45, 2.75) is 209 Å². The molecule has 4 unspecified atom stereocenters. The van der Waals surface area contributed by atoms with Gasteiger partial charge in [-0.05, 0) is 119 Å². The lowest BCUT2D eigenvalue weighted by Crippen LogP contribution is -2.40. The van der Waals surface area contributed by atoms with Crippen molar-refractivity contribution in [2.24, 2.45) is 5.73 Å². The van der Waals surface area contributed by atoms with Gasteiger partial charge in [-0.25, -0.2) is 14.5 Å². The number of aromatic nitrogens is 7. The number of carbonyl (C=O) groups is 2. The third-order valence-electron chi connectivity index (χ3n) is 13.1. The Labute approximate surface area is 450 Å². The molecule has 1 amide bonds. The molecule has 73 heavy (non-hydrogen) atoms. The number of unbranched alkanes of at least 4 members (excludes halogenated alkanes) is 10. The highest BCUT2D eigenvalue weighted by Gasteiger charge is 2.24. The molecule has 0 spiro atoms. The van der Waals surface area contributed by atoms with Crippen molar-refractivity contribution in [1.82, 2.24) is 39.7 Å². The van der Waals surface area contributed by atoms with Crippen molar-refractivity contribution < 1.29 is 19.1 Å². The Kier molecular flexibility index (Phi) is 26.7. The lowest BCUT2D eigenvalue weighted by atomic mass is 10.00. The molecule has 0 bridgehead atoms. The maximum atomic E-state index is 13.0. The Morgan fingerprint density at radius 1 is 0.699 bits per heavy atom. The molecule has 4 aromatic heterocycles. The first-order chi connectivity index (χ1) is 35.0. The molecule has 0 aliphatic heterocycles. The van der Waals surface area contributed by atoms with E-state index in [1.807, 2.05) is 64.4 Å². The van der Waals surface area contributed by atoms with Crippen LogP contribution in [0.15, 0.2) is 42.6 Å². The number of carbonyl (C=O) groups excluding carboxylic acids is 2. The first-order valence-corrected chi connectivity index (χ1v) is 28.2. The largest absolute Gasteiger partial charge is 0.481 e. The van der Waals surface area contributed by atoms with Gasteiger partial charge in [0.15, 0.2) is 29.3 Å². The summed E-state index contributed by atoms with van der Waals surface area (Å²) < 4.78 is 15.7. The van der Waals surface area contributed by atoms with Crippen LogP contribution in [0.4, 0.5) is 0 Å². The topological polar surface area (TPSA) is 170 Å². The second-order valence-corrected chi connectivity index (χ2v) is 20.9. The highest BCUT2D eigenvalue weighted by molar-refractivity contribution is 6.64. The van der Waals surface area contributed by atoms with Gasteiger partial charge in [-0.3, -0.25) is 19.8 Å². The lowest BCUT2D eigenvalue weighted by molar-refractivity contribution is -0.128. The van der Waals surface area contributed by atoms with Crippen LogP contribution in [0.1, 0.15) is 201 Å². The number of nitrogens with two attached hydrogens (primary N) is 1. The maximum absolute atomic E-state index is 13.0. The molecule has 4 heterocycles. The minimum atomic E-state index is -0.528. The number of aromatic amines is 2. The Bertz CT molecular complexity index is 2580. The smallest absolute Gasteiger partial charge is 0.262 e. The summed E-state index contributed by atoms with van der Waals surface area (Å²) in [4.78, 5) is 33.8. The van der Waals surface area contributed by atoms with Crippen LogP contribution in [0.3, 0.4) is 0 Å². The van der Waals surface area contributed by atoms with E-state index in [-0.39, 0.29) is 23.0 Å². The second-order valence-electron chi connectivity index (χ2n) is 19.8. The van der Waals surface area contributed by atoms with Gasteiger partial charge < -0.3 is 20.5 Å². The molecule has 6 rings (SSSR count). The lowest BCUT2D eigenvalue weighted by Gasteiger charge is -2.21. The number of hydrogen-bond acceptors (Lipinski definition) is 8. The fourth-order valence-corrected chi connectivity index (χ4v) is 8.94. The number of nitrogens with zero attached hydrogens (tertiary/aromatic N) is 5. The Hall–Kier alpha value is -4.56. The van der Waals surface area contributed by atoms with Gasteiger partial charge in [0.25, 0.3) is 11.1 Å². The van der Waals surface area contributed by atoms with Gasteiger partial charge in [-0.1, -0.05) is 159 Å². The number of benzene rings is 2. The van der Waals surface area contributed by atoms with E-state index >= 15 is 0 Å². The highest BCUT2D eigenvalue weighted by atomic mass is 35.5. The number of amides is 1. The molecule has 6 aromatic rings. The third kappa shape index (κ3) is 19.3. The molecule has 0 aliphatic rings. The molecule has 0 aliphatic carbocycles. The van der Waals surface area contributed by atoms with E-state index < -0.39 is 12.2 Å². The van der Waals surface area contributed by atoms with E-state index in [9.17, 15) is 9.59 Å². The number of nitrogens with one attached hydrogen (secondary N) is 3. The zero-order valence-electron chi connectivity index (χ0n) is 45.6. The first kappa shape index (κ1) is 61.0. The number of rotatable bonds is 29. The average Bonchev–Trinajstić information content (AvgIpc) is 4.12. The summed E-state index contributed by atoms with van der Waals surface area (Å²) in [5, 5.41) is 14.5. The summed E-state index contributed by atoms with van der Waals surface area (Å²) >= 11 is 18.2. The van der Waals surface area contributed by atoms with Gasteiger partial charge in [0.1, 0.15) is 21.5 Å². The average molecular weight is 1070 g/mol. The molecule has 0 saturated heterocycles. The number of halogens is 3. The van der Waals surface area contributed by atoms with Crippen molar-refractivity contribution in [2.75, 3.05) is 13.1 Å². The molecule has 0 fully saturated rings. The number of hydrogen-bond donors (Lipinski definition) is 4. The predicted octanol–water partition coefficient (Wildman–Crippen LogP) is 14.6. The van der Waals surface area contributed by atoms with Crippen LogP contribution in [0, 0.1) is 27.7 Å². The number of H-pyrrole nitrogens is 2. The normalized spacial score (nSPS) is 13.0. The Morgan fingerprint density at radius 2 is 1.29 bits per heavy atom. The van der Waals surface area contributed by atoms with Crippen molar-refractivity contribution in [3.05, 3.63) is 97.8 Å². The molecule has 16 heteroatoms. The molecule has 404 valence electrons. The SMILES string of the molecule is CCCCCCC(Oc1ccc(C)cc1C)C(=O)NCC(C)c1nc2c(Cl)c(C)[nH]n2n1.CCCCCCC(Oc1ccc(CCCCC)cc1CCCCC)C(=O)Cl.Cc1[nH]n2cc(C(C)CN)nc2c1Cl. The summed E-state index contributed by atoms with van der Waals surface area (Å²) in [6.07, 6.45) is 20.5. The van der Waals surface area contributed by atoms with Crippen LogP contribution in [0.2, 0.25) is 10.0 Å². The number of fused-ring (bicyclic) bond motifs is 2. The zero-order valence-corrected chi connectivity index (χ0v) is 47.8. The van der Waals surface area contributed by atoms with E-state index in [1.165, 1.54) is 61.6 Å². The van der Waals surface area contributed by atoms with Gasteiger partial charge in [-0.2, -0.15) is 4.63 Å². The van der Waals surface area contributed by atoms with E-state index in [4.69, 9.17) is 50.0 Å². The van der Waals surface area contributed by atoms with E-state index in [0.29, 0.717) is 47.4 Å². The van der Waals surface area contributed by atoms with Crippen molar-refractivity contribution in [3.63, 3.8) is 0 Å². The molecular weight excluding hydrogens is 981 g/mol. The first-order valence-electron chi connectivity index (χ1n) is 27.1.